The highest BCUT2D eigenvalue weighted by Crippen LogP contribution is 2.22. The SMILES string of the molecule is CNc1cc(C(=O)NCC(C)(O)c2ccc(C)o2)cc(Cl)n1. The van der Waals surface area contributed by atoms with Crippen molar-refractivity contribution in [3.63, 3.8) is 0 Å². The third-order valence-electron chi connectivity index (χ3n) is 3.18. The third-order valence-corrected chi connectivity index (χ3v) is 3.37. The monoisotopic (exact) mass is 323 g/mol. The zero-order valence-corrected chi connectivity index (χ0v) is 13.4. The van der Waals surface area contributed by atoms with Gasteiger partial charge in [-0.2, -0.15) is 0 Å². The van der Waals surface area contributed by atoms with Gasteiger partial charge in [0.25, 0.3) is 5.91 Å². The quantitative estimate of drug-likeness (QED) is 0.735. The molecule has 3 N–H and O–H groups in total. The van der Waals surface area contributed by atoms with Crippen LogP contribution < -0.4 is 10.6 Å². The van der Waals surface area contributed by atoms with Crippen LogP contribution in [-0.4, -0.2) is 29.6 Å². The lowest BCUT2D eigenvalue weighted by atomic mass is 10.0. The number of nitrogens with one attached hydrogen (secondary N) is 2. The van der Waals surface area contributed by atoms with Crippen molar-refractivity contribution in [2.45, 2.75) is 19.4 Å². The minimum absolute atomic E-state index is 0.00756. The van der Waals surface area contributed by atoms with Crippen molar-refractivity contribution in [2.75, 3.05) is 18.9 Å². The molecule has 2 rings (SSSR count). The van der Waals surface area contributed by atoms with E-state index < -0.39 is 5.60 Å². The standard InChI is InChI=1S/C15H18ClN3O3/c1-9-4-5-11(22-9)15(2,21)8-18-14(20)10-6-12(16)19-13(7-10)17-3/h4-7,21H,8H2,1-3H3,(H,17,19)(H,18,20). The van der Waals surface area contributed by atoms with Gasteiger partial charge >= 0.3 is 0 Å². The molecule has 0 aliphatic heterocycles. The molecule has 22 heavy (non-hydrogen) atoms. The molecule has 0 aliphatic rings. The Morgan fingerprint density at radius 1 is 1.45 bits per heavy atom. The number of amides is 1. The Balaban J connectivity index is 2.08. The number of carbonyl (C=O) groups excluding carboxylic acids is 1. The summed E-state index contributed by atoms with van der Waals surface area (Å²) in [5, 5.41) is 16.1. The number of aryl methyl sites for hydroxylation is 1. The molecule has 2 aromatic rings. The number of furan rings is 1. The summed E-state index contributed by atoms with van der Waals surface area (Å²) in [6.45, 7) is 3.37. The van der Waals surface area contributed by atoms with Gasteiger partial charge in [-0.15, -0.1) is 0 Å². The van der Waals surface area contributed by atoms with Crippen LogP contribution in [0, 0.1) is 6.92 Å². The lowest BCUT2D eigenvalue weighted by Gasteiger charge is -2.21. The second kappa shape index (κ2) is 6.37. The van der Waals surface area contributed by atoms with Crippen molar-refractivity contribution in [2.24, 2.45) is 0 Å². The van der Waals surface area contributed by atoms with E-state index in [-0.39, 0.29) is 17.6 Å². The summed E-state index contributed by atoms with van der Waals surface area (Å²) in [7, 11) is 1.68. The number of carbonyl (C=O) groups is 1. The number of anilines is 1. The van der Waals surface area contributed by atoms with Crippen molar-refractivity contribution < 1.29 is 14.3 Å². The van der Waals surface area contributed by atoms with E-state index in [1.807, 2.05) is 0 Å². The summed E-state index contributed by atoms with van der Waals surface area (Å²) >= 11 is 5.87. The number of nitrogens with zero attached hydrogens (tertiary/aromatic N) is 1. The van der Waals surface area contributed by atoms with Crippen LogP contribution in [-0.2, 0) is 5.60 Å². The van der Waals surface area contributed by atoms with Gasteiger partial charge in [0, 0.05) is 12.6 Å². The smallest absolute Gasteiger partial charge is 0.251 e. The minimum Gasteiger partial charge on any atom is -0.463 e. The van der Waals surface area contributed by atoms with Crippen LogP contribution in [0.2, 0.25) is 5.15 Å². The highest BCUT2D eigenvalue weighted by atomic mass is 35.5. The Morgan fingerprint density at radius 2 is 2.18 bits per heavy atom. The molecule has 0 bridgehead atoms. The van der Waals surface area contributed by atoms with Gasteiger partial charge < -0.3 is 20.2 Å². The number of aromatic nitrogens is 1. The molecule has 0 saturated carbocycles. The maximum absolute atomic E-state index is 12.2. The summed E-state index contributed by atoms with van der Waals surface area (Å²) < 4.78 is 5.40. The van der Waals surface area contributed by atoms with E-state index in [0.29, 0.717) is 22.9 Å². The molecule has 0 aromatic carbocycles. The van der Waals surface area contributed by atoms with Gasteiger partial charge in [-0.3, -0.25) is 4.79 Å². The first-order valence-corrected chi connectivity index (χ1v) is 7.12. The molecule has 118 valence electrons. The Morgan fingerprint density at radius 3 is 2.77 bits per heavy atom. The molecule has 1 amide bonds. The van der Waals surface area contributed by atoms with Gasteiger partial charge in [-0.25, -0.2) is 4.98 Å². The van der Waals surface area contributed by atoms with E-state index >= 15 is 0 Å². The minimum atomic E-state index is -1.30. The van der Waals surface area contributed by atoms with Gasteiger partial charge in [-0.05, 0) is 38.1 Å². The topological polar surface area (TPSA) is 87.4 Å². The van der Waals surface area contributed by atoms with Crippen LogP contribution in [0.1, 0.15) is 28.8 Å². The van der Waals surface area contributed by atoms with Crippen molar-refractivity contribution in [3.05, 3.63) is 46.5 Å². The first-order valence-electron chi connectivity index (χ1n) is 6.74. The van der Waals surface area contributed by atoms with Gasteiger partial charge in [0.1, 0.15) is 28.1 Å². The molecular weight excluding hydrogens is 306 g/mol. The molecule has 0 aliphatic carbocycles. The molecule has 1 atom stereocenters. The lowest BCUT2D eigenvalue weighted by molar-refractivity contribution is 0.0323. The molecule has 2 aromatic heterocycles. The van der Waals surface area contributed by atoms with Crippen molar-refractivity contribution >= 4 is 23.3 Å². The summed E-state index contributed by atoms with van der Waals surface area (Å²) in [5.41, 5.74) is -0.942. The molecule has 0 fully saturated rings. The molecule has 7 heteroatoms. The maximum atomic E-state index is 12.2. The Bertz CT molecular complexity index is 682. The lowest BCUT2D eigenvalue weighted by Crippen LogP contribution is -2.38. The summed E-state index contributed by atoms with van der Waals surface area (Å²) in [6, 6.07) is 6.48. The fourth-order valence-corrected chi connectivity index (χ4v) is 2.13. The fourth-order valence-electron chi connectivity index (χ4n) is 1.92. The van der Waals surface area contributed by atoms with Gasteiger partial charge in [0.05, 0.1) is 6.54 Å². The zero-order chi connectivity index (χ0) is 16.3. The maximum Gasteiger partial charge on any atom is 0.251 e. The predicted octanol–water partition coefficient (Wildman–Crippen LogP) is 2.32. The number of aliphatic hydroxyl groups is 1. The second-order valence-electron chi connectivity index (χ2n) is 5.18. The van der Waals surface area contributed by atoms with Crippen molar-refractivity contribution in [1.82, 2.24) is 10.3 Å². The van der Waals surface area contributed by atoms with E-state index in [9.17, 15) is 9.90 Å². The number of rotatable bonds is 5. The van der Waals surface area contributed by atoms with E-state index in [0.717, 1.165) is 0 Å². The zero-order valence-electron chi connectivity index (χ0n) is 12.6. The molecule has 0 saturated heterocycles. The Labute approximate surface area is 133 Å². The van der Waals surface area contributed by atoms with Crippen LogP contribution >= 0.6 is 11.6 Å². The number of hydrogen-bond donors (Lipinski definition) is 3. The average molecular weight is 324 g/mol. The highest BCUT2D eigenvalue weighted by Gasteiger charge is 2.27. The van der Waals surface area contributed by atoms with Crippen molar-refractivity contribution in [3.8, 4) is 0 Å². The summed E-state index contributed by atoms with van der Waals surface area (Å²) in [5.74, 6) is 1.23. The molecule has 6 nitrogen and oxygen atoms in total. The number of halogens is 1. The first-order chi connectivity index (χ1) is 10.3. The van der Waals surface area contributed by atoms with E-state index in [1.54, 1.807) is 39.1 Å². The fraction of sp³-hybridized carbons (Fsp3) is 0.333. The predicted molar refractivity (Wildman–Crippen MR) is 84.1 cm³/mol. The number of hydrogen-bond acceptors (Lipinski definition) is 5. The second-order valence-corrected chi connectivity index (χ2v) is 5.57. The number of pyridine rings is 1. The van der Waals surface area contributed by atoms with E-state index in [1.165, 1.54) is 6.07 Å². The van der Waals surface area contributed by atoms with E-state index in [2.05, 4.69) is 15.6 Å². The van der Waals surface area contributed by atoms with Crippen molar-refractivity contribution in [1.29, 1.82) is 0 Å². The molecule has 2 heterocycles. The molecule has 0 radical (unpaired) electrons. The third kappa shape index (κ3) is 3.78. The van der Waals surface area contributed by atoms with Crippen LogP contribution in [0.25, 0.3) is 0 Å². The van der Waals surface area contributed by atoms with Gasteiger partial charge in [-0.1, -0.05) is 11.6 Å². The molecular formula is C15H18ClN3O3. The van der Waals surface area contributed by atoms with Gasteiger partial charge in [0.15, 0.2) is 0 Å². The van der Waals surface area contributed by atoms with Crippen LogP contribution in [0.15, 0.2) is 28.7 Å². The Kier molecular flexibility index (Phi) is 4.73. The highest BCUT2D eigenvalue weighted by molar-refractivity contribution is 6.29. The van der Waals surface area contributed by atoms with Crippen LogP contribution in [0.3, 0.4) is 0 Å². The molecule has 0 spiro atoms. The summed E-state index contributed by atoms with van der Waals surface area (Å²) in [4.78, 5) is 16.2. The molecule has 1 unspecified atom stereocenters. The normalized spacial score (nSPS) is 13.5. The van der Waals surface area contributed by atoms with Gasteiger partial charge in [0.2, 0.25) is 0 Å². The van der Waals surface area contributed by atoms with Crippen LogP contribution in [0.5, 0.6) is 0 Å². The Hall–Kier alpha value is -2.05. The largest absolute Gasteiger partial charge is 0.463 e. The van der Waals surface area contributed by atoms with E-state index in [4.69, 9.17) is 16.0 Å². The average Bonchev–Trinajstić information content (AvgIpc) is 2.91. The summed E-state index contributed by atoms with van der Waals surface area (Å²) in [6.07, 6.45) is 0. The first kappa shape index (κ1) is 16.3. The van der Waals surface area contributed by atoms with Crippen LogP contribution in [0.4, 0.5) is 5.82 Å².